The van der Waals surface area contributed by atoms with Gasteiger partial charge in [0.05, 0.1) is 22.3 Å². The van der Waals surface area contributed by atoms with Gasteiger partial charge in [-0.15, -0.1) is 0 Å². The van der Waals surface area contributed by atoms with Gasteiger partial charge >= 0.3 is 0 Å². The standard InChI is InChI=1S/C25H20ClN3O3/c26-19-9-2-1-8-18(19)16-13-22-24(23(30)14-16)25(15-6-5-7-17(12-15)29(31)32)28-21-11-4-3-10-20(21)27-22/h1-12,16,25,27-28H,13-14H2. The summed E-state index contributed by atoms with van der Waals surface area (Å²) >= 11 is 6.44. The van der Waals surface area contributed by atoms with Crippen LogP contribution >= 0.6 is 11.6 Å². The van der Waals surface area contributed by atoms with Gasteiger partial charge in [-0.05, 0) is 41.7 Å². The molecule has 0 aromatic heterocycles. The van der Waals surface area contributed by atoms with Crippen LogP contribution in [-0.4, -0.2) is 10.7 Å². The number of allylic oxidation sites excluding steroid dienone is 1. The molecule has 2 aliphatic rings. The molecule has 5 rings (SSSR count). The number of nitro benzene ring substituents is 1. The number of carbonyl (C=O) groups excluding carboxylic acids is 1. The summed E-state index contributed by atoms with van der Waals surface area (Å²) in [5, 5.41) is 18.9. The molecule has 6 nitrogen and oxygen atoms in total. The SMILES string of the molecule is O=C1CC(c2ccccc2Cl)CC2=C1C(c1cccc([N+](=O)[O-])c1)Nc1ccccc1N2. The Balaban J connectivity index is 1.63. The maximum Gasteiger partial charge on any atom is 0.269 e. The van der Waals surface area contributed by atoms with E-state index in [1.165, 1.54) is 12.1 Å². The van der Waals surface area contributed by atoms with Gasteiger partial charge in [0.25, 0.3) is 5.69 Å². The fraction of sp³-hybridized carbons (Fsp3) is 0.160. The number of ketones is 1. The monoisotopic (exact) mass is 445 g/mol. The first kappa shape index (κ1) is 20.3. The van der Waals surface area contributed by atoms with Crippen molar-refractivity contribution in [2.75, 3.05) is 10.6 Å². The number of nitro groups is 1. The van der Waals surface area contributed by atoms with Crippen LogP contribution < -0.4 is 10.6 Å². The molecule has 2 N–H and O–H groups in total. The number of fused-ring (bicyclic) bond motifs is 1. The number of carbonyl (C=O) groups is 1. The number of rotatable bonds is 3. The number of Topliss-reactive ketones (excluding diaryl/α,β-unsaturated/α-hetero) is 1. The van der Waals surface area contributed by atoms with Gasteiger partial charge in [0.2, 0.25) is 0 Å². The molecular formula is C25H20ClN3O3. The van der Waals surface area contributed by atoms with Crippen LogP contribution in [0, 0.1) is 10.1 Å². The molecule has 1 aliphatic heterocycles. The molecule has 0 amide bonds. The highest BCUT2D eigenvalue weighted by atomic mass is 35.5. The first-order valence-electron chi connectivity index (χ1n) is 10.4. The third-order valence-corrected chi connectivity index (χ3v) is 6.41. The van der Waals surface area contributed by atoms with Crippen molar-refractivity contribution in [3.63, 3.8) is 0 Å². The summed E-state index contributed by atoms with van der Waals surface area (Å²) in [6.07, 6.45) is 0.944. The summed E-state index contributed by atoms with van der Waals surface area (Å²) < 4.78 is 0. The second kappa shape index (κ2) is 8.13. The van der Waals surface area contributed by atoms with Gasteiger partial charge in [0, 0.05) is 34.8 Å². The second-order valence-corrected chi connectivity index (χ2v) is 8.45. The minimum atomic E-state index is -0.499. The normalized spacial score (nSPS) is 19.8. The molecule has 1 aliphatic carbocycles. The van der Waals surface area contributed by atoms with Crippen molar-refractivity contribution in [1.82, 2.24) is 0 Å². The van der Waals surface area contributed by atoms with E-state index in [4.69, 9.17) is 11.6 Å². The Kier molecular flexibility index (Phi) is 5.15. The Morgan fingerprint density at radius 1 is 0.938 bits per heavy atom. The number of nitrogens with one attached hydrogen (secondary N) is 2. The number of halogens is 1. The van der Waals surface area contributed by atoms with E-state index in [0.29, 0.717) is 29.0 Å². The fourth-order valence-electron chi connectivity index (χ4n) is 4.59. The van der Waals surface area contributed by atoms with Gasteiger partial charge in [-0.2, -0.15) is 0 Å². The van der Waals surface area contributed by atoms with Crippen LogP contribution in [0.25, 0.3) is 0 Å². The number of hydrogen-bond donors (Lipinski definition) is 2. The summed E-state index contributed by atoms with van der Waals surface area (Å²) in [5.74, 6) is -0.0426. The van der Waals surface area contributed by atoms with Crippen molar-refractivity contribution in [3.8, 4) is 0 Å². The van der Waals surface area contributed by atoms with Gasteiger partial charge in [0.1, 0.15) is 0 Å². The predicted molar refractivity (Wildman–Crippen MR) is 125 cm³/mol. The summed E-state index contributed by atoms with van der Waals surface area (Å²) in [4.78, 5) is 24.5. The quantitative estimate of drug-likeness (QED) is 0.369. The smallest absolute Gasteiger partial charge is 0.269 e. The average molecular weight is 446 g/mol. The van der Waals surface area contributed by atoms with Gasteiger partial charge in [-0.1, -0.05) is 54.1 Å². The highest BCUT2D eigenvalue weighted by molar-refractivity contribution is 6.31. The zero-order chi connectivity index (χ0) is 22.2. The Morgan fingerprint density at radius 3 is 2.47 bits per heavy atom. The van der Waals surface area contributed by atoms with Gasteiger partial charge in [-0.25, -0.2) is 0 Å². The van der Waals surface area contributed by atoms with Gasteiger partial charge in [0.15, 0.2) is 5.78 Å². The number of para-hydroxylation sites is 2. The lowest BCUT2D eigenvalue weighted by Crippen LogP contribution is -2.27. The molecule has 3 aromatic rings. The fourth-order valence-corrected chi connectivity index (χ4v) is 4.88. The molecule has 0 spiro atoms. The van der Waals surface area contributed by atoms with E-state index < -0.39 is 11.0 Å². The Hall–Kier alpha value is -3.64. The van der Waals surface area contributed by atoms with Crippen LogP contribution in [0.5, 0.6) is 0 Å². The molecule has 3 aromatic carbocycles. The maximum atomic E-state index is 13.5. The van der Waals surface area contributed by atoms with Gasteiger partial charge in [-0.3, -0.25) is 14.9 Å². The number of hydrogen-bond acceptors (Lipinski definition) is 5. The number of non-ortho nitro benzene ring substituents is 1. The van der Waals surface area contributed by atoms with E-state index in [9.17, 15) is 14.9 Å². The minimum Gasteiger partial charge on any atom is -0.372 e. The lowest BCUT2D eigenvalue weighted by Gasteiger charge is -2.30. The number of anilines is 2. The van der Waals surface area contributed by atoms with Crippen LogP contribution in [0.4, 0.5) is 17.1 Å². The third kappa shape index (κ3) is 3.63. The first-order valence-corrected chi connectivity index (χ1v) is 10.8. The van der Waals surface area contributed by atoms with Crippen molar-refractivity contribution in [2.45, 2.75) is 24.8 Å². The maximum absolute atomic E-state index is 13.5. The lowest BCUT2D eigenvalue weighted by molar-refractivity contribution is -0.384. The molecule has 160 valence electrons. The molecule has 2 unspecified atom stereocenters. The minimum absolute atomic E-state index is 0.000446. The first-order chi connectivity index (χ1) is 15.5. The Bertz CT molecular complexity index is 1270. The topological polar surface area (TPSA) is 84.3 Å². The van der Waals surface area contributed by atoms with E-state index in [1.807, 2.05) is 54.6 Å². The summed E-state index contributed by atoms with van der Waals surface area (Å²) in [6, 6.07) is 21.3. The Labute approximate surface area is 190 Å². The summed E-state index contributed by atoms with van der Waals surface area (Å²) in [6.45, 7) is 0. The Morgan fingerprint density at radius 2 is 1.69 bits per heavy atom. The average Bonchev–Trinajstić information content (AvgIpc) is 2.96. The second-order valence-electron chi connectivity index (χ2n) is 8.04. The van der Waals surface area contributed by atoms with E-state index in [-0.39, 0.29) is 17.4 Å². The van der Waals surface area contributed by atoms with Crippen molar-refractivity contribution in [2.24, 2.45) is 0 Å². The molecule has 0 radical (unpaired) electrons. The largest absolute Gasteiger partial charge is 0.372 e. The molecule has 0 bridgehead atoms. The molecule has 0 fully saturated rings. The molecule has 0 saturated heterocycles. The molecular weight excluding hydrogens is 426 g/mol. The molecule has 32 heavy (non-hydrogen) atoms. The highest BCUT2D eigenvalue weighted by Gasteiger charge is 2.36. The van der Waals surface area contributed by atoms with Crippen LogP contribution in [0.3, 0.4) is 0 Å². The third-order valence-electron chi connectivity index (χ3n) is 6.07. The summed E-state index contributed by atoms with van der Waals surface area (Å²) in [7, 11) is 0. The van der Waals surface area contributed by atoms with E-state index in [0.717, 1.165) is 22.6 Å². The number of nitrogens with zero attached hydrogens (tertiary/aromatic N) is 1. The predicted octanol–water partition coefficient (Wildman–Crippen LogP) is 6.23. The van der Waals surface area contributed by atoms with E-state index in [1.54, 1.807) is 6.07 Å². The van der Waals surface area contributed by atoms with Crippen LogP contribution in [0.15, 0.2) is 84.1 Å². The highest BCUT2D eigenvalue weighted by Crippen LogP contribution is 2.45. The molecule has 7 heteroatoms. The zero-order valence-electron chi connectivity index (χ0n) is 17.0. The number of benzene rings is 3. The molecule has 1 heterocycles. The van der Waals surface area contributed by atoms with Crippen molar-refractivity contribution in [1.29, 1.82) is 0 Å². The van der Waals surface area contributed by atoms with Crippen molar-refractivity contribution in [3.05, 3.63) is 110 Å². The lowest BCUT2D eigenvalue weighted by atomic mass is 9.78. The van der Waals surface area contributed by atoms with Crippen LogP contribution in [0.2, 0.25) is 5.02 Å². The van der Waals surface area contributed by atoms with Crippen molar-refractivity contribution < 1.29 is 9.72 Å². The zero-order valence-corrected chi connectivity index (χ0v) is 17.8. The van der Waals surface area contributed by atoms with Gasteiger partial charge < -0.3 is 10.6 Å². The van der Waals surface area contributed by atoms with E-state index >= 15 is 0 Å². The van der Waals surface area contributed by atoms with E-state index in [2.05, 4.69) is 10.6 Å². The van der Waals surface area contributed by atoms with Crippen LogP contribution in [-0.2, 0) is 4.79 Å². The van der Waals surface area contributed by atoms with Crippen molar-refractivity contribution >= 4 is 34.4 Å². The van der Waals surface area contributed by atoms with Crippen LogP contribution in [0.1, 0.15) is 35.9 Å². The molecule has 2 atom stereocenters. The molecule has 0 saturated carbocycles. The summed E-state index contributed by atoms with van der Waals surface area (Å²) in [5.41, 5.74) is 4.75.